The Hall–Kier alpha value is -2.81. The summed E-state index contributed by atoms with van der Waals surface area (Å²) in [5.41, 5.74) is 0.861. The summed E-state index contributed by atoms with van der Waals surface area (Å²) in [5, 5.41) is 0.216. The van der Waals surface area contributed by atoms with Gasteiger partial charge in [-0.1, -0.05) is 0 Å². The fourth-order valence-electron chi connectivity index (χ4n) is 5.19. The Balaban J connectivity index is 1.72. The van der Waals surface area contributed by atoms with Crippen molar-refractivity contribution >= 4 is 42.6 Å². The average Bonchev–Trinajstić information content (AvgIpc) is 3.26. The van der Waals surface area contributed by atoms with E-state index < -0.39 is 5.31 Å². The summed E-state index contributed by atoms with van der Waals surface area (Å²) in [6, 6.07) is 35.7. The van der Waals surface area contributed by atoms with Crippen molar-refractivity contribution in [3.05, 3.63) is 121 Å². The fraction of sp³-hybridized carbons (Fsp3) is 0.143. The SMILES string of the molecule is O=C1C(P(Br)(c2ccccc2)(c2ccccc2)c2ccccc2)CCN1Cc1cccnc1. The maximum absolute atomic E-state index is 14.2. The predicted octanol–water partition coefficient (Wildman–Crippen LogP) is 5.02. The second kappa shape index (κ2) is 8.85. The molecule has 3 nitrogen and oxygen atoms in total. The van der Waals surface area contributed by atoms with Crippen LogP contribution in [0.5, 0.6) is 0 Å². The third kappa shape index (κ3) is 3.53. The normalized spacial score (nSPS) is 17.5. The number of rotatable bonds is 6. The molecule has 1 saturated heterocycles. The molecule has 1 atom stereocenters. The van der Waals surface area contributed by atoms with Gasteiger partial charge in [-0.15, -0.1) is 0 Å². The zero-order valence-electron chi connectivity index (χ0n) is 18.3. The number of carbonyl (C=O) groups excluding carboxylic acids is 1. The Kier molecular flexibility index (Phi) is 5.90. The minimum atomic E-state index is -3.33. The van der Waals surface area contributed by atoms with Crippen LogP contribution in [0.4, 0.5) is 0 Å². The van der Waals surface area contributed by atoms with Crippen LogP contribution in [-0.4, -0.2) is 28.0 Å². The van der Waals surface area contributed by atoms with Gasteiger partial charge >= 0.3 is 204 Å². The van der Waals surface area contributed by atoms with Gasteiger partial charge in [-0.25, -0.2) is 0 Å². The first-order valence-electron chi connectivity index (χ1n) is 11.2. The van der Waals surface area contributed by atoms with Crippen molar-refractivity contribution in [2.24, 2.45) is 0 Å². The molecule has 3 aromatic carbocycles. The number of nitrogens with zero attached hydrogens (tertiary/aromatic N) is 2. The van der Waals surface area contributed by atoms with Crippen molar-refractivity contribution in [1.29, 1.82) is 0 Å². The van der Waals surface area contributed by atoms with Crippen molar-refractivity contribution in [3.8, 4) is 0 Å². The van der Waals surface area contributed by atoms with Crippen LogP contribution in [0.2, 0.25) is 0 Å². The molecule has 1 aromatic heterocycles. The number of hydrogen-bond acceptors (Lipinski definition) is 2. The number of hydrogen-bond donors (Lipinski definition) is 0. The molecule has 0 bridgehead atoms. The molecule has 5 rings (SSSR count). The summed E-state index contributed by atoms with van der Waals surface area (Å²) in [4.78, 5) is 20.4. The second-order valence-electron chi connectivity index (χ2n) is 8.51. The van der Waals surface area contributed by atoms with Crippen LogP contribution in [-0.2, 0) is 11.3 Å². The van der Waals surface area contributed by atoms with E-state index in [1.165, 1.54) is 15.9 Å². The van der Waals surface area contributed by atoms with Crippen LogP contribution in [0.15, 0.2) is 116 Å². The molecule has 5 heteroatoms. The molecule has 2 heterocycles. The summed E-state index contributed by atoms with van der Waals surface area (Å²) in [6.07, 6.45) is 4.41. The number of carbonyl (C=O) groups is 1. The Bertz CT molecular complexity index is 1140. The predicted molar refractivity (Wildman–Crippen MR) is 142 cm³/mol. The van der Waals surface area contributed by atoms with E-state index in [1.807, 2.05) is 41.4 Å². The van der Waals surface area contributed by atoms with Crippen LogP contribution in [0.1, 0.15) is 12.0 Å². The molecule has 0 radical (unpaired) electrons. The van der Waals surface area contributed by atoms with Gasteiger partial charge in [0, 0.05) is 0 Å². The van der Waals surface area contributed by atoms with E-state index >= 15 is 0 Å². The Morgan fingerprint density at radius 1 is 0.788 bits per heavy atom. The van der Waals surface area contributed by atoms with Crippen LogP contribution in [0.25, 0.3) is 0 Å². The molecule has 33 heavy (non-hydrogen) atoms. The topological polar surface area (TPSA) is 33.2 Å². The third-order valence-corrected chi connectivity index (χ3v) is 17.5. The van der Waals surface area contributed by atoms with Gasteiger partial charge in [0.05, 0.1) is 0 Å². The molecule has 4 aromatic rings. The van der Waals surface area contributed by atoms with Crippen LogP contribution >= 0.6 is 20.8 Å². The molecule has 1 aliphatic heterocycles. The van der Waals surface area contributed by atoms with E-state index in [1.54, 1.807) is 6.20 Å². The molecule has 1 amide bonds. The standard InChI is InChI=1S/C28H26BrN2OP/c29-33(24-12-4-1-5-13-24,25-14-6-2-7-15-25,26-16-8-3-9-17-26)27-18-20-31(28(27)32)22-23-11-10-19-30-21-23/h1-17,19,21,27H,18,20,22H2. The van der Waals surface area contributed by atoms with E-state index in [-0.39, 0.29) is 11.6 Å². The molecule has 0 saturated carbocycles. The quantitative estimate of drug-likeness (QED) is 0.337. The van der Waals surface area contributed by atoms with Crippen molar-refractivity contribution in [3.63, 3.8) is 0 Å². The number of halogens is 1. The Morgan fingerprint density at radius 2 is 1.30 bits per heavy atom. The van der Waals surface area contributed by atoms with Crippen molar-refractivity contribution in [2.75, 3.05) is 6.54 Å². The minimum absolute atomic E-state index is 0.195. The number of benzene rings is 3. The van der Waals surface area contributed by atoms with Gasteiger partial charge in [0.25, 0.3) is 0 Å². The molecule has 0 N–H and O–H groups in total. The number of aromatic nitrogens is 1. The Labute approximate surface area is 203 Å². The number of likely N-dealkylation sites (tertiary alicyclic amines) is 1. The van der Waals surface area contributed by atoms with Crippen LogP contribution < -0.4 is 15.9 Å². The first-order valence-corrected chi connectivity index (χ1v) is 15.5. The summed E-state index contributed by atoms with van der Waals surface area (Å²) >= 11 is 4.47. The molecule has 166 valence electrons. The zero-order chi connectivity index (χ0) is 22.8. The van der Waals surface area contributed by atoms with Crippen molar-refractivity contribution in [2.45, 2.75) is 18.6 Å². The Morgan fingerprint density at radius 3 is 1.76 bits per heavy atom. The molecular weight excluding hydrogens is 491 g/mol. The van der Waals surface area contributed by atoms with Gasteiger partial charge < -0.3 is 0 Å². The van der Waals surface area contributed by atoms with E-state index in [4.69, 9.17) is 0 Å². The summed E-state index contributed by atoms with van der Waals surface area (Å²) in [6.45, 7) is 1.31. The first kappa shape index (κ1) is 22.0. The monoisotopic (exact) mass is 516 g/mol. The zero-order valence-corrected chi connectivity index (χ0v) is 20.8. The summed E-state index contributed by atoms with van der Waals surface area (Å²) < 4.78 is 0. The van der Waals surface area contributed by atoms with E-state index in [0.29, 0.717) is 6.54 Å². The van der Waals surface area contributed by atoms with E-state index in [2.05, 4.69) is 93.3 Å². The van der Waals surface area contributed by atoms with Gasteiger partial charge in [-0.05, 0) is 0 Å². The second-order valence-corrected chi connectivity index (χ2v) is 17.2. The maximum atomic E-state index is 14.2. The van der Waals surface area contributed by atoms with Gasteiger partial charge in [-0.3, -0.25) is 0 Å². The number of amides is 1. The van der Waals surface area contributed by atoms with Gasteiger partial charge in [0.1, 0.15) is 0 Å². The fourth-order valence-corrected chi connectivity index (χ4v) is 13.9. The van der Waals surface area contributed by atoms with Crippen molar-refractivity contribution < 1.29 is 4.79 Å². The molecule has 1 fully saturated rings. The molecular formula is C28H26BrN2OP. The number of pyridine rings is 1. The van der Waals surface area contributed by atoms with E-state index in [0.717, 1.165) is 18.5 Å². The van der Waals surface area contributed by atoms with Crippen LogP contribution in [0.3, 0.4) is 0 Å². The van der Waals surface area contributed by atoms with Crippen molar-refractivity contribution in [1.82, 2.24) is 9.88 Å². The third-order valence-electron chi connectivity index (χ3n) is 6.73. The van der Waals surface area contributed by atoms with Gasteiger partial charge in [-0.2, -0.15) is 0 Å². The molecule has 1 unspecified atom stereocenters. The summed E-state index contributed by atoms with van der Waals surface area (Å²) in [7, 11) is 0. The average molecular weight is 517 g/mol. The van der Waals surface area contributed by atoms with E-state index in [9.17, 15) is 4.79 Å². The molecule has 0 aliphatic carbocycles. The molecule has 1 aliphatic rings. The molecule has 0 spiro atoms. The first-order chi connectivity index (χ1) is 16.1. The van der Waals surface area contributed by atoms with Gasteiger partial charge in [0.15, 0.2) is 0 Å². The van der Waals surface area contributed by atoms with Gasteiger partial charge in [0.2, 0.25) is 0 Å². The van der Waals surface area contributed by atoms with Crippen LogP contribution in [0, 0.1) is 0 Å². The summed E-state index contributed by atoms with van der Waals surface area (Å²) in [5.74, 6) is 0.199.